The van der Waals surface area contributed by atoms with E-state index in [1.165, 1.54) is 18.4 Å². The summed E-state index contributed by atoms with van der Waals surface area (Å²) in [7, 11) is 0. The summed E-state index contributed by atoms with van der Waals surface area (Å²) in [6.07, 6.45) is 2.65. The first kappa shape index (κ1) is 11.6. The van der Waals surface area contributed by atoms with Crippen molar-refractivity contribution in [3.8, 4) is 0 Å². The van der Waals surface area contributed by atoms with Crippen LogP contribution in [-0.4, -0.2) is 18.8 Å². The Labute approximate surface area is 97.8 Å². The average molecular weight is 219 g/mol. The molecule has 0 radical (unpaired) electrons. The number of hydrogen-bond acceptors (Lipinski definition) is 2. The number of benzene rings is 1. The molecule has 0 aliphatic heterocycles. The molecule has 1 saturated carbocycles. The molecule has 0 bridgehead atoms. The Bertz CT molecular complexity index is 330. The number of hydrogen-bond donors (Lipinski definition) is 1. The minimum atomic E-state index is 0.122. The number of rotatable bonds is 5. The van der Waals surface area contributed by atoms with Gasteiger partial charge in [-0.2, -0.15) is 0 Å². The third-order valence-corrected chi connectivity index (χ3v) is 3.46. The molecule has 1 aromatic carbocycles. The quantitative estimate of drug-likeness (QED) is 0.825. The summed E-state index contributed by atoms with van der Waals surface area (Å²) in [6, 6.07) is 10.7. The van der Waals surface area contributed by atoms with E-state index in [4.69, 9.17) is 10.5 Å². The van der Waals surface area contributed by atoms with E-state index < -0.39 is 0 Å². The van der Waals surface area contributed by atoms with Gasteiger partial charge in [0.05, 0.1) is 12.7 Å². The van der Waals surface area contributed by atoms with Gasteiger partial charge in [0.2, 0.25) is 0 Å². The van der Waals surface area contributed by atoms with Crippen LogP contribution in [0.5, 0.6) is 0 Å². The van der Waals surface area contributed by atoms with Gasteiger partial charge in [-0.3, -0.25) is 0 Å². The van der Waals surface area contributed by atoms with Crippen LogP contribution < -0.4 is 5.73 Å². The second-order valence-corrected chi connectivity index (χ2v) is 5.01. The van der Waals surface area contributed by atoms with Crippen molar-refractivity contribution in [2.24, 2.45) is 5.73 Å². The Kier molecular flexibility index (Phi) is 3.31. The molecule has 2 rings (SSSR count). The highest BCUT2D eigenvalue weighted by Crippen LogP contribution is 2.50. The fourth-order valence-electron chi connectivity index (χ4n) is 2.23. The molecule has 1 unspecified atom stereocenters. The fourth-order valence-corrected chi connectivity index (χ4v) is 2.23. The second kappa shape index (κ2) is 4.56. The highest BCUT2D eigenvalue weighted by molar-refractivity contribution is 5.33. The van der Waals surface area contributed by atoms with Crippen molar-refractivity contribution >= 4 is 0 Å². The van der Waals surface area contributed by atoms with Crippen molar-refractivity contribution in [2.75, 3.05) is 6.61 Å². The summed E-state index contributed by atoms with van der Waals surface area (Å²) < 4.78 is 5.63. The largest absolute Gasteiger partial charge is 0.377 e. The van der Waals surface area contributed by atoms with Gasteiger partial charge in [-0.15, -0.1) is 0 Å². The second-order valence-electron chi connectivity index (χ2n) is 5.01. The third kappa shape index (κ3) is 2.28. The smallest absolute Gasteiger partial charge is 0.0629 e. The normalized spacial score (nSPS) is 19.8. The lowest BCUT2D eigenvalue weighted by Gasteiger charge is -2.24. The van der Waals surface area contributed by atoms with E-state index in [1.807, 2.05) is 0 Å². The van der Waals surface area contributed by atoms with E-state index in [-0.39, 0.29) is 17.6 Å². The van der Waals surface area contributed by atoms with Crippen LogP contribution in [-0.2, 0) is 10.2 Å². The van der Waals surface area contributed by atoms with Crippen LogP contribution in [0.25, 0.3) is 0 Å². The van der Waals surface area contributed by atoms with Gasteiger partial charge in [-0.25, -0.2) is 0 Å². The molecule has 1 aliphatic carbocycles. The molecule has 0 amide bonds. The minimum Gasteiger partial charge on any atom is -0.377 e. The van der Waals surface area contributed by atoms with Gasteiger partial charge in [-0.1, -0.05) is 30.3 Å². The van der Waals surface area contributed by atoms with Crippen LogP contribution in [0.15, 0.2) is 30.3 Å². The lowest BCUT2D eigenvalue weighted by molar-refractivity contribution is 0.0614. The zero-order valence-electron chi connectivity index (χ0n) is 10.1. The molecule has 1 aromatic rings. The van der Waals surface area contributed by atoms with Crippen LogP contribution in [0.2, 0.25) is 0 Å². The SMILES string of the molecule is CC(C)OCC(N)C1(c2ccccc2)CC1. The van der Waals surface area contributed by atoms with E-state index in [0.29, 0.717) is 6.61 Å². The summed E-state index contributed by atoms with van der Waals surface area (Å²) in [5, 5.41) is 0. The van der Waals surface area contributed by atoms with Crippen molar-refractivity contribution in [1.82, 2.24) is 0 Å². The molecule has 1 fully saturated rings. The Balaban J connectivity index is 2.03. The van der Waals surface area contributed by atoms with E-state index in [2.05, 4.69) is 44.2 Å². The first-order valence-electron chi connectivity index (χ1n) is 6.08. The van der Waals surface area contributed by atoms with E-state index in [0.717, 1.165) is 0 Å². The molecule has 0 saturated heterocycles. The Morgan fingerprint density at radius 1 is 1.25 bits per heavy atom. The molecule has 0 spiro atoms. The molecule has 88 valence electrons. The average Bonchev–Trinajstić information content (AvgIpc) is 3.08. The molecule has 0 aromatic heterocycles. The summed E-state index contributed by atoms with van der Waals surface area (Å²) in [5.41, 5.74) is 7.83. The number of ether oxygens (including phenoxy) is 1. The van der Waals surface area contributed by atoms with Crippen LogP contribution in [0.4, 0.5) is 0 Å². The predicted molar refractivity (Wildman–Crippen MR) is 66.4 cm³/mol. The lowest BCUT2D eigenvalue weighted by Crippen LogP contribution is -2.39. The summed E-state index contributed by atoms with van der Waals surface area (Å²) in [4.78, 5) is 0. The zero-order valence-corrected chi connectivity index (χ0v) is 10.1. The summed E-state index contributed by atoms with van der Waals surface area (Å²) >= 11 is 0. The summed E-state index contributed by atoms with van der Waals surface area (Å²) in [6.45, 7) is 4.76. The van der Waals surface area contributed by atoms with E-state index in [9.17, 15) is 0 Å². The first-order valence-corrected chi connectivity index (χ1v) is 6.08. The number of nitrogens with two attached hydrogens (primary N) is 1. The lowest BCUT2D eigenvalue weighted by atomic mass is 9.89. The van der Waals surface area contributed by atoms with Crippen LogP contribution in [0, 0.1) is 0 Å². The summed E-state index contributed by atoms with van der Waals surface area (Å²) in [5.74, 6) is 0. The molecular weight excluding hydrogens is 198 g/mol. The zero-order chi connectivity index (χ0) is 11.6. The Morgan fingerprint density at radius 2 is 1.88 bits per heavy atom. The van der Waals surface area contributed by atoms with Gasteiger partial charge in [0, 0.05) is 11.5 Å². The maximum Gasteiger partial charge on any atom is 0.0629 e. The van der Waals surface area contributed by atoms with Crippen molar-refractivity contribution < 1.29 is 4.74 Å². The van der Waals surface area contributed by atoms with Gasteiger partial charge in [0.25, 0.3) is 0 Å². The molecular formula is C14H21NO. The van der Waals surface area contributed by atoms with Crippen molar-refractivity contribution in [2.45, 2.75) is 44.2 Å². The van der Waals surface area contributed by atoms with E-state index in [1.54, 1.807) is 0 Å². The topological polar surface area (TPSA) is 35.2 Å². The van der Waals surface area contributed by atoms with Gasteiger partial charge in [0.1, 0.15) is 0 Å². The maximum atomic E-state index is 6.27. The molecule has 1 aliphatic rings. The molecule has 0 heterocycles. The van der Waals surface area contributed by atoms with Crippen LogP contribution in [0.1, 0.15) is 32.3 Å². The third-order valence-electron chi connectivity index (χ3n) is 3.46. The molecule has 2 heteroatoms. The van der Waals surface area contributed by atoms with Gasteiger partial charge < -0.3 is 10.5 Å². The fraction of sp³-hybridized carbons (Fsp3) is 0.571. The highest BCUT2D eigenvalue weighted by atomic mass is 16.5. The highest BCUT2D eigenvalue weighted by Gasteiger charge is 2.49. The van der Waals surface area contributed by atoms with Crippen LogP contribution in [0.3, 0.4) is 0 Å². The Morgan fingerprint density at radius 3 is 2.38 bits per heavy atom. The van der Waals surface area contributed by atoms with Gasteiger partial charge in [-0.05, 0) is 32.3 Å². The molecule has 2 N–H and O–H groups in total. The molecule has 16 heavy (non-hydrogen) atoms. The predicted octanol–water partition coefficient (Wildman–Crippen LogP) is 2.47. The molecule has 1 atom stereocenters. The van der Waals surface area contributed by atoms with Gasteiger partial charge >= 0.3 is 0 Å². The standard InChI is InChI=1S/C14H21NO/c1-11(2)16-10-13(15)14(8-9-14)12-6-4-3-5-7-12/h3-7,11,13H,8-10,15H2,1-2H3. The van der Waals surface area contributed by atoms with Crippen LogP contribution >= 0.6 is 0 Å². The van der Waals surface area contributed by atoms with E-state index >= 15 is 0 Å². The Hall–Kier alpha value is -0.860. The van der Waals surface area contributed by atoms with Crippen molar-refractivity contribution in [1.29, 1.82) is 0 Å². The van der Waals surface area contributed by atoms with Crippen molar-refractivity contribution in [3.05, 3.63) is 35.9 Å². The first-order chi connectivity index (χ1) is 7.65. The van der Waals surface area contributed by atoms with Crippen molar-refractivity contribution in [3.63, 3.8) is 0 Å². The maximum absolute atomic E-state index is 6.27. The molecule has 2 nitrogen and oxygen atoms in total. The van der Waals surface area contributed by atoms with Gasteiger partial charge in [0.15, 0.2) is 0 Å². The monoisotopic (exact) mass is 219 g/mol. The minimum absolute atomic E-state index is 0.122.